The van der Waals surface area contributed by atoms with Gasteiger partial charge in [0, 0.05) is 74.0 Å². The van der Waals surface area contributed by atoms with Gasteiger partial charge in [0.1, 0.15) is 0 Å². The summed E-state index contributed by atoms with van der Waals surface area (Å²) in [4.78, 5) is 2.50. The molecule has 0 aliphatic rings. The van der Waals surface area contributed by atoms with E-state index in [1.807, 2.05) is 22.7 Å². The molecule has 296 valence electrons. The van der Waals surface area contributed by atoms with Crippen molar-refractivity contribution in [2.24, 2.45) is 0 Å². The molecule has 2 heterocycles. The van der Waals surface area contributed by atoms with E-state index >= 15 is 0 Å². The van der Waals surface area contributed by atoms with Gasteiger partial charge >= 0.3 is 0 Å². The predicted molar refractivity (Wildman–Crippen MR) is 274 cm³/mol. The first-order valence-corrected chi connectivity index (χ1v) is 23.0. The van der Waals surface area contributed by atoms with E-state index in [9.17, 15) is 0 Å². The summed E-state index contributed by atoms with van der Waals surface area (Å²) in [6, 6.07) is 86.7. The Morgan fingerprint density at radius 3 is 0.984 bits per heavy atom. The molecule has 12 aromatic rings. The van der Waals surface area contributed by atoms with Crippen LogP contribution in [0, 0.1) is 0 Å². The van der Waals surface area contributed by atoms with Crippen LogP contribution in [0.1, 0.15) is 0 Å². The number of thiophene rings is 2. The molecule has 0 atom stereocenters. The van der Waals surface area contributed by atoms with Crippen LogP contribution in [0.5, 0.6) is 0 Å². The highest BCUT2D eigenvalue weighted by Crippen LogP contribution is 2.52. The molecule has 3 heteroatoms. The first kappa shape index (κ1) is 37.2. The minimum Gasteiger partial charge on any atom is -0.309 e. The highest BCUT2D eigenvalue weighted by atomic mass is 32.1. The van der Waals surface area contributed by atoms with Crippen LogP contribution < -0.4 is 4.90 Å². The van der Waals surface area contributed by atoms with Crippen LogP contribution in [0.15, 0.2) is 237 Å². The summed E-state index contributed by atoms with van der Waals surface area (Å²) in [5.41, 5.74) is 15.4. The summed E-state index contributed by atoms with van der Waals surface area (Å²) in [6.45, 7) is 0. The monoisotopic (exact) mass is 837 g/mol. The first-order chi connectivity index (χ1) is 31.2. The highest BCUT2D eigenvalue weighted by molar-refractivity contribution is 7.26. The molecular formula is C60H39NS2. The molecule has 2 aromatic heterocycles. The molecule has 0 N–H and O–H groups in total. The molecule has 0 aliphatic heterocycles. The Hall–Kier alpha value is -7.56. The first-order valence-electron chi connectivity index (χ1n) is 21.4. The van der Waals surface area contributed by atoms with Crippen LogP contribution in [0.25, 0.3) is 96.0 Å². The number of benzene rings is 10. The number of rotatable bonds is 8. The molecule has 0 spiro atoms. The highest BCUT2D eigenvalue weighted by Gasteiger charge is 2.25. The van der Waals surface area contributed by atoms with Crippen molar-refractivity contribution in [3.05, 3.63) is 237 Å². The largest absolute Gasteiger partial charge is 0.309 e. The third kappa shape index (κ3) is 6.61. The van der Waals surface area contributed by atoms with Gasteiger partial charge in [0.05, 0.1) is 5.69 Å². The third-order valence-corrected chi connectivity index (χ3v) is 14.8. The van der Waals surface area contributed by atoms with E-state index < -0.39 is 0 Å². The summed E-state index contributed by atoms with van der Waals surface area (Å²) in [7, 11) is 0. The van der Waals surface area contributed by atoms with Gasteiger partial charge in [0.25, 0.3) is 0 Å². The Bertz CT molecular complexity index is 3450. The van der Waals surface area contributed by atoms with Gasteiger partial charge in [-0.15, -0.1) is 22.7 Å². The van der Waals surface area contributed by atoms with Crippen molar-refractivity contribution in [1.29, 1.82) is 0 Å². The normalized spacial score (nSPS) is 11.5. The molecule has 12 rings (SSSR count). The quantitative estimate of drug-likeness (QED) is 0.147. The third-order valence-electron chi connectivity index (χ3n) is 12.3. The predicted octanol–water partition coefficient (Wildman–Crippen LogP) is 18.2. The average molecular weight is 838 g/mol. The topological polar surface area (TPSA) is 3.24 Å². The van der Waals surface area contributed by atoms with E-state index in [1.54, 1.807) is 0 Å². The van der Waals surface area contributed by atoms with Crippen molar-refractivity contribution in [2.45, 2.75) is 0 Å². The zero-order chi connectivity index (χ0) is 41.7. The smallest absolute Gasteiger partial charge is 0.0619 e. The number of fused-ring (bicyclic) bond motifs is 6. The minimum absolute atomic E-state index is 1.09. The van der Waals surface area contributed by atoms with E-state index in [0.29, 0.717) is 0 Å². The molecule has 63 heavy (non-hydrogen) atoms. The molecule has 0 unspecified atom stereocenters. The second kappa shape index (κ2) is 15.7. The van der Waals surface area contributed by atoms with Crippen LogP contribution in [0.2, 0.25) is 0 Å². The molecule has 0 radical (unpaired) electrons. The molecule has 0 fully saturated rings. The summed E-state index contributed by atoms with van der Waals surface area (Å²) >= 11 is 3.77. The van der Waals surface area contributed by atoms with Crippen molar-refractivity contribution >= 4 is 80.1 Å². The molecule has 0 saturated heterocycles. The van der Waals surface area contributed by atoms with Crippen molar-refractivity contribution in [1.82, 2.24) is 0 Å². The van der Waals surface area contributed by atoms with Crippen molar-refractivity contribution in [2.75, 3.05) is 4.90 Å². The van der Waals surface area contributed by atoms with E-state index in [-0.39, 0.29) is 0 Å². The van der Waals surface area contributed by atoms with E-state index in [2.05, 4.69) is 241 Å². The molecule has 1 nitrogen and oxygen atoms in total. The Kier molecular flexibility index (Phi) is 9.29. The maximum Gasteiger partial charge on any atom is 0.0619 e. The molecule has 0 amide bonds. The summed E-state index contributed by atoms with van der Waals surface area (Å²) in [5.74, 6) is 0. The van der Waals surface area contributed by atoms with E-state index in [0.717, 1.165) is 17.1 Å². The Labute approximate surface area is 375 Å². The lowest BCUT2D eigenvalue weighted by atomic mass is 9.92. The van der Waals surface area contributed by atoms with Crippen LogP contribution in [0.3, 0.4) is 0 Å². The fourth-order valence-electron chi connectivity index (χ4n) is 9.27. The molecule has 0 bridgehead atoms. The Morgan fingerprint density at radius 1 is 0.238 bits per heavy atom. The lowest BCUT2D eigenvalue weighted by Crippen LogP contribution is -2.12. The molecule has 0 saturated carbocycles. The number of para-hydroxylation sites is 1. The van der Waals surface area contributed by atoms with Gasteiger partial charge in [-0.2, -0.15) is 0 Å². The second-order valence-electron chi connectivity index (χ2n) is 16.0. The van der Waals surface area contributed by atoms with Crippen molar-refractivity contribution in [3.63, 3.8) is 0 Å². The summed E-state index contributed by atoms with van der Waals surface area (Å²) < 4.78 is 5.19. The van der Waals surface area contributed by atoms with Crippen LogP contribution in [-0.2, 0) is 0 Å². The molecular weight excluding hydrogens is 799 g/mol. The Morgan fingerprint density at radius 2 is 0.556 bits per heavy atom. The van der Waals surface area contributed by atoms with Crippen LogP contribution >= 0.6 is 22.7 Å². The van der Waals surface area contributed by atoms with Crippen LogP contribution in [-0.4, -0.2) is 0 Å². The molecule has 0 aliphatic carbocycles. The maximum atomic E-state index is 2.50. The van der Waals surface area contributed by atoms with E-state index in [1.165, 1.54) is 96.0 Å². The fraction of sp³-hybridized carbons (Fsp3) is 0. The maximum absolute atomic E-state index is 2.50. The van der Waals surface area contributed by atoms with Crippen molar-refractivity contribution < 1.29 is 0 Å². The summed E-state index contributed by atoms with van der Waals surface area (Å²) in [5, 5.41) is 5.18. The van der Waals surface area contributed by atoms with Crippen LogP contribution in [0.4, 0.5) is 17.1 Å². The molecule has 10 aromatic carbocycles. The summed E-state index contributed by atoms with van der Waals surface area (Å²) in [6.07, 6.45) is 0. The van der Waals surface area contributed by atoms with Gasteiger partial charge in [-0.25, -0.2) is 0 Å². The van der Waals surface area contributed by atoms with Gasteiger partial charge in [-0.1, -0.05) is 200 Å². The zero-order valence-corrected chi connectivity index (χ0v) is 35.9. The second-order valence-corrected chi connectivity index (χ2v) is 18.1. The van der Waals surface area contributed by atoms with Gasteiger partial charge in [-0.3, -0.25) is 0 Å². The van der Waals surface area contributed by atoms with Gasteiger partial charge in [0.2, 0.25) is 0 Å². The lowest BCUT2D eigenvalue weighted by molar-refractivity contribution is 1.29. The number of nitrogens with zero attached hydrogens (tertiary/aromatic N) is 1. The Balaban J connectivity index is 1.10. The van der Waals surface area contributed by atoms with Gasteiger partial charge in [0.15, 0.2) is 0 Å². The number of hydrogen-bond acceptors (Lipinski definition) is 3. The van der Waals surface area contributed by atoms with Crippen molar-refractivity contribution in [3.8, 4) is 55.6 Å². The lowest BCUT2D eigenvalue weighted by Gasteiger charge is -2.31. The van der Waals surface area contributed by atoms with E-state index in [4.69, 9.17) is 0 Å². The van der Waals surface area contributed by atoms with Gasteiger partial charge in [-0.05, 0) is 69.8 Å². The van der Waals surface area contributed by atoms with Gasteiger partial charge < -0.3 is 4.90 Å². The number of hydrogen-bond donors (Lipinski definition) is 0. The fourth-order valence-corrected chi connectivity index (χ4v) is 11.7. The SMILES string of the molecule is c1ccc(-c2ccc(-c3ccc(N(c4ccc(-c5ccccc5)cc4)c4c(-c5cccc6c5sc5ccccc56)cccc4-c4cccc5c4sc4ccccc45)cc3)cc2)cc1. The number of anilines is 3. The minimum atomic E-state index is 1.09. The standard InChI is InChI=1S/C60H39NS2/c1-3-14-40(15-4-1)42-28-30-43(31-29-42)45-34-38-47(39-35-45)61(46-36-32-44(33-37-46)41-16-5-2-6-17-41)58-50(54-24-12-22-52-48-18-7-9-26-56(48)62-59(52)54)20-11-21-51(58)55-25-13-23-53-49-19-8-10-27-57(49)63-60(53)55/h1-39H. The average Bonchev–Trinajstić information content (AvgIpc) is 3.94. The zero-order valence-electron chi connectivity index (χ0n) is 34.3.